The number of rotatable bonds is 4. The van der Waals surface area contributed by atoms with Gasteiger partial charge in [0.2, 0.25) is 5.91 Å². The van der Waals surface area contributed by atoms with Crippen LogP contribution in [0.4, 0.5) is 5.69 Å². The van der Waals surface area contributed by atoms with E-state index in [2.05, 4.69) is 10.6 Å². The molecule has 120 valence electrons. The van der Waals surface area contributed by atoms with Crippen molar-refractivity contribution in [1.29, 1.82) is 0 Å². The van der Waals surface area contributed by atoms with Gasteiger partial charge in [0, 0.05) is 30.2 Å². The maximum atomic E-state index is 12.1. The zero-order valence-corrected chi connectivity index (χ0v) is 13.6. The second-order valence-corrected chi connectivity index (χ2v) is 6.70. The van der Waals surface area contributed by atoms with Crippen molar-refractivity contribution < 1.29 is 14.3 Å². The lowest BCUT2D eigenvalue weighted by Crippen LogP contribution is -2.37. The fraction of sp³-hybridized carbons (Fsp3) is 0.562. The molecule has 0 aromatic heterocycles. The van der Waals surface area contributed by atoms with Crippen LogP contribution in [0.3, 0.4) is 0 Å². The average molecular weight is 322 g/mol. The van der Waals surface area contributed by atoms with Crippen molar-refractivity contribution >= 4 is 23.4 Å². The topological polar surface area (TPSA) is 59.6 Å². The van der Waals surface area contributed by atoms with Crippen LogP contribution in [0.5, 0.6) is 5.75 Å². The van der Waals surface area contributed by atoms with E-state index in [9.17, 15) is 4.79 Å². The summed E-state index contributed by atoms with van der Waals surface area (Å²) in [5.41, 5.74) is 1.86. The number of carbonyl (C=O) groups excluding carboxylic acids is 1. The van der Waals surface area contributed by atoms with Gasteiger partial charge in [0.15, 0.2) is 0 Å². The van der Waals surface area contributed by atoms with E-state index in [0.717, 1.165) is 54.7 Å². The molecule has 2 heterocycles. The van der Waals surface area contributed by atoms with Gasteiger partial charge in [-0.05, 0) is 30.7 Å². The Balaban J connectivity index is 1.60. The van der Waals surface area contributed by atoms with E-state index in [4.69, 9.17) is 9.47 Å². The lowest BCUT2D eigenvalue weighted by Gasteiger charge is -2.24. The number of nitrogens with one attached hydrogen (secondary N) is 2. The largest absolute Gasteiger partial charge is 0.490 e. The zero-order chi connectivity index (χ0) is 15.4. The number of benzene rings is 1. The van der Waals surface area contributed by atoms with Crippen LogP contribution in [-0.2, 0) is 9.53 Å². The first-order chi connectivity index (χ1) is 10.7. The van der Waals surface area contributed by atoms with Gasteiger partial charge in [-0.2, -0.15) is 0 Å². The number of carbonyl (C=O) groups is 1. The van der Waals surface area contributed by atoms with Crippen molar-refractivity contribution in [3.8, 4) is 5.75 Å². The minimum atomic E-state index is -0.0940. The third-order valence-corrected chi connectivity index (χ3v) is 4.88. The van der Waals surface area contributed by atoms with Crippen LogP contribution in [0.1, 0.15) is 18.4 Å². The molecule has 0 aliphatic carbocycles. The highest BCUT2D eigenvalue weighted by Gasteiger charge is 2.22. The zero-order valence-electron chi connectivity index (χ0n) is 12.8. The van der Waals surface area contributed by atoms with Crippen molar-refractivity contribution in [3.05, 3.63) is 23.8 Å². The molecule has 2 aliphatic rings. The van der Waals surface area contributed by atoms with E-state index < -0.39 is 0 Å². The third kappa shape index (κ3) is 3.94. The van der Waals surface area contributed by atoms with Gasteiger partial charge in [-0.1, -0.05) is 0 Å². The predicted octanol–water partition coefficient (Wildman–Crippen LogP) is 2.15. The Labute approximate surface area is 135 Å². The number of aryl methyl sites for hydroxylation is 1. The molecule has 0 radical (unpaired) electrons. The summed E-state index contributed by atoms with van der Waals surface area (Å²) >= 11 is 1.74. The summed E-state index contributed by atoms with van der Waals surface area (Å²) < 4.78 is 11.4. The Bertz CT molecular complexity index is 526. The molecule has 5 nitrogen and oxygen atoms in total. The number of anilines is 1. The van der Waals surface area contributed by atoms with Crippen LogP contribution in [0.25, 0.3) is 0 Å². The van der Waals surface area contributed by atoms with Crippen molar-refractivity contribution in [2.45, 2.75) is 31.9 Å². The lowest BCUT2D eigenvalue weighted by atomic mass is 10.1. The van der Waals surface area contributed by atoms with E-state index in [1.165, 1.54) is 0 Å². The highest BCUT2D eigenvalue weighted by atomic mass is 32.2. The average Bonchev–Trinajstić information content (AvgIpc) is 3.05. The Morgan fingerprint density at radius 1 is 1.41 bits per heavy atom. The highest BCUT2D eigenvalue weighted by molar-refractivity contribution is 7.99. The van der Waals surface area contributed by atoms with Crippen LogP contribution in [0.15, 0.2) is 18.2 Å². The molecule has 1 atom stereocenters. The van der Waals surface area contributed by atoms with Crippen LogP contribution in [0.2, 0.25) is 0 Å². The van der Waals surface area contributed by atoms with Gasteiger partial charge in [0.05, 0.1) is 19.3 Å². The molecule has 6 heteroatoms. The minimum Gasteiger partial charge on any atom is -0.490 e. The Hall–Kier alpha value is -1.24. The third-order valence-electron chi connectivity index (χ3n) is 3.94. The molecule has 1 unspecified atom stereocenters. The number of hydrogen-bond acceptors (Lipinski definition) is 5. The second kappa shape index (κ2) is 7.35. The summed E-state index contributed by atoms with van der Waals surface area (Å²) in [6.07, 6.45) is 2.10. The second-order valence-electron chi connectivity index (χ2n) is 5.67. The maximum Gasteiger partial charge on any atom is 0.242 e. The molecule has 2 saturated heterocycles. The summed E-state index contributed by atoms with van der Waals surface area (Å²) in [7, 11) is 0. The number of amides is 1. The van der Waals surface area contributed by atoms with E-state index in [1.807, 2.05) is 25.1 Å². The first-order valence-electron chi connectivity index (χ1n) is 7.69. The molecule has 2 N–H and O–H groups in total. The van der Waals surface area contributed by atoms with Crippen LogP contribution in [0, 0.1) is 6.92 Å². The molecule has 1 aromatic carbocycles. The summed E-state index contributed by atoms with van der Waals surface area (Å²) in [5.74, 6) is 2.59. The van der Waals surface area contributed by atoms with Crippen LogP contribution >= 0.6 is 11.8 Å². The van der Waals surface area contributed by atoms with Gasteiger partial charge in [0.25, 0.3) is 0 Å². The molecule has 22 heavy (non-hydrogen) atoms. The SMILES string of the molecule is Cc1cc(NC(=O)C2CSCN2)ccc1OC1CCOCC1. The van der Waals surface area contributed by atoms with E-state index >= 15 is 0 Å². The number of ether oxygens (including phenoxy) is 2. The molecule has 2 aliphatic heterocycles. The quantitative estimate of drug-likeness (QED) is 0.889. The van der Waals surface area contributed by atoms with Gasteiger partial charge in [-0.15, -0.1) is 11.8 Å². The Kier molecular flexibility index (Phi) is 5.23. The summed E-state index contributed by atoms with van der Waals surface area (Å²) in [6.45, 7) is 3.54. The van der Waals surface area contributed by atoms with Gasteiger partial charge < -0.3 is 14.8 Å². The highest BCUT2D eigenvalue weighted by Crippen LogP contribution is 2.25. The fourth-order valence-corrected chi connectivity index (χ4v) is 3.57. The Morgan fingerprint density at radius 2 is 2.23 bits per heavy atom. The van der Waals surface area contributed by atoms with E-state index in [0.29, 0.717) is 0 Å². The van der Waals surface area contributed by atoms with E-state index in [1.54, 1.807) is 11.8 Å². The molecule has 0 saturated carbocycles. The van der Waals surface area contributed by atoms with Gasteiger partial charge >= 0.3 is 0 Å². The summed E-state index contributed by atoms with van der Waals surface area (Å²) in [4.78, 5) is 12.1. The smallest absolute Gasteiger partial charge is 0.242 e. The first kappa shape index (κ1) is 15.6. The van der Waals surface area contributed by atoms with Gasteiger partial charge in [-0.25, -0.2) is 0 Å². The number of thioether (sulfide) groups is 1. The van der Waals surface area contributed by atoms with Gasteiger partial charge in [0.1, 0.15) is 11.9 Å². The normalized spacial score (nSPS) is 22.5. The monoisotopic (exact) mass is 322 g/mol. The van der Waals surface area contributed by atoms with Gasteiger partial charge in [-0.3, -0.25) is 10.1 Å². The molecule has 1 amide bonds. The molecular formula is C16H22N2O3S. The van der Waals surface area contributed by atoms with E-state index in [-0.39, 0.29) is 18.1 Å². The number of hydrogen-bond donors (Lipinski definition) is 2. The predicted molar refractivity (Wildman–Crippen MR) is 88.5 cm³/mol. The molecule has 3 rings (SSSR count). The lowest BCUT2D eigenvalue weighted by molar-refractivity contribution is -0.117. The minimum absolute atomic E-state index is 0.0301. The molecular weight excluding hydrogens is 300 g/mol. The van der Waals surface area contributed by atoms with Crippen molar-refractivity contribution in [1.82, 2.24) is 5.32 Å². The van der Waals surface area contributed by atoms with Crippen molar-refractivity contribution in [3.63, 3.8) is 0 Å². The molecule has 0 spiro atoms. The molecule has 1 aromatic rings. The fourth-order valence-electron chi connectivity index (χ4n) is 2.63. The van der Waals surface area contributed by atoms with Crippen molar-refractivity contribution in [2.75, 3.05) is 30.2 Å². The maximum absolute atomic E-state index is 12.1. The summed E-state index contributed by atoms with van der Waals surface area (Å²) in [5, 5.41) is 6.14. The standard InChI is InChI=1S/C16H22N2O3S/c1-11-8-12(18-16(19)14-9-22-10-17-14)2-3-15(11)21-13-4-6-20-7-5-13/h2-3,8,13-14,17H,4-7,9-10H2,1H3,(H,18,19). The summed E-state index contributed by atoms with van der Waals surface area (Å²) in [6, 6.07) is 5.72. The van der Waals surface area contributed by atoms with Crippen LogP contribution in [-0.4, -0.2) is 42.9 Å². The molecule has 2 fully saturated rings. The van der Waals surface area contributed by atoms with Crippen LogP contribution < -0.4 is 15.4 Å². The Morgan fingerprint density at radius 3 is 2.91 bits per heavy atom. The van der Waals surface area contributed by atoms with Crippen molar-refractivity contribution in [2.24, 2.45) is 0 Å². The first-order valence-corrected chi connectivity index (χ1v) is 8.85. The molecule has 0 bridgehead atoms.